The Morgan fingerprint density at radius 3 is 2.65 bits per heavy atom. The average molecular weight is 283 g/mol. The molecule has 1 aliphatic rings. The third-order valence-electron chi connectivity index (χ3n) is 3.70. The molecule has 102 valence electrons. The number of carbonyl (C=O) groups is 1. The van der Waals surface area contributed by atoms with Crippen molar-refractivity contribution in [3.05, 3.63) is 59.7 Å². The van der Waals surface area contributed by atoms with Gasteiger partial charge in [0, 0.05) is 17.1 Å². The Kier molecular flexibility index (Phi) is 3.79. The van der Waals surface area contributed by atoms with Crippen LogP contribution in [0, 0.1) is 0 Å². The van der Waals surface area contributed by atoms with Crippen molar-refractivity contribution >= 4 is 24.2 Å². The Balaban J connectivity index is 1.80. The number of benzene rings is 2. The van der Waals surface area contributed by atoms with Crippen LogP contribution in [0.5, 0.6) is 0 Å². The molecule has 0 bridgehead atoms. The van der Waals surface area contributed by atoms with Crippen LogP contribution in [0.3, 0.4) is 0 Å². The summed E-state index contributed by atoms with van der Waals surface area (Å²) in [7, 11) is 0. The summed E-state index contributed by atoms with van der Waals surface area (Å²) in [5.41, 5.74) is 3.39. The Bertz CT molecular complexity index is 621. The zero-order valence-electron chi connectivity index (χ0n) is 11.2. The molecule has 2 aromatic rings. The van der Waals surface area contributed by atoms with E-state index in [1.54, 1.807) is 0 Å². The summed E-state index contributed by atoms with van der Waals surface area (Å²) < 4.78 is 0. The highest BCUT2D eigenvalue weighted by Crippen LogP contribution is 2.27. The van der Waals surface area contributed by atoms with E-state index in [-0.39, 0.29) is 5.91 Å². The van der Waals surface area contributed by atoms with Crippen molar-refractivity contribution in [2.24, 2.45) is 0 Å². The molecule has 0 unspecified atom stereocenters. The van der Waals surface area contributed by atoms with Gasteiger partial charge in [0.2, 0.25) is 5.91 Å². The van der Waals surface area contributed by atoms with Crippen molar-refractivity contribution in [2.75, 3.05) is 11.4 Å². The molecule has 1 heterocycles. The fourth-order valence-corrected chi connectivity index (χ4v) is 2.83. The first-order valence-electron chi connectivity index (χ1n) is 6.90. The van der Waals surface area contributed by atoms with Gasteiger partial charge >= 0.3 is 0 Å². The molecule has 1 amide bonds. The van der Waals surface area contributed by atoms with Crippen molar-refractivity contribution in [1.29, 1.82) is 0 Å². The second-order valence-corrected chi connectivity index (χ2v) is 5.64. The van der Waals surface area contributed by atoms with Gasteiger partial charge in [-0.2, -0.15) is 0 Å². The number of aryl methyl sites for hydroxylation is 1. The summed E-state index contributed by atoms with van der Waals surface area (Å²) in [6.45, 7) is 0.820. The van der Waals surface area contributed by atoms with E-state index in [4.69, 9.17) is 0 Å². The third-order valence-corrected chi connectivity index (χ3v) is 4.00. The van der Waals surface area contributed by atoms with E-state index in [9.17, 15) is 4.79 Å². The molecule has 20 heavy (non-hydrogen) atoms. The molecule has 0 saturated carbocycles. The van der Waals surface area contributed by atoms with Gasteiger partial charge in [0.25, 0.3) is 0 Å². The predicted molar refractivity (Wildman–Crippen MR) is 84.5 cm³/mol. The van der Waals surface area contributed by atoms with Crippen LogP contribution in [0.25, 0.3) is 0 Å². The Morgan fingerprint density at radius 1 is 1.10 bits per heavy atom. The third kappa shape index (κ3) is 2.73. The summed E-state index contributed by atoms with van der Waals surface area (Å²) in [4.78, 5) is 15.4. The van der Waals surface area contributed by atoms with E-state index in [1.807, 2.05) is 47.4 Å². The highest BCUT2D eigenvalue weighted by atomic mass is 32.1. The van der Waals surface area contributed by atoms with E-state index < -0.39 is 0 Å². The predicted octanol–water partition coefficient (Wildman–Crippen LogP) is 3.50. The largest absolute Gasteiger partial charge is 0.312 e. The summed E-state index contributed by atoms with van der Waals surface area (Å²) >= 11 is 4.27. The van der Waals surface area contributed by atoms with Gasteiger partial charge in [-0.25, -0.2) is 0 Å². The van der Waals surface area contributed by atoms with Gasteiger partial charge in [0.15, 0.2) is 0 Å². The number of hydrogen-bond acceptors (Lipinski definition) is 2. The maximum Gasteiger partial charge on any atom is 0.231 e. The topological polar surface area (TPSA) is 20.3 Å². The molecule has 0 radical (unpaired) electrons. The van der Waals surface area contributed by atoms with Gasteiger partial charge in [0.05, 0.1) is 6.42 Å². The van der Waals surface area contributed by atoms with Crippen LogP contribution in [0.2, 0.25) is 0 Å². The first-order valence-corrected chi connectivity index (χ1v) is 7.35. The second-order valence-electron chi connectivity index (χ2n) is 5.12. The van der Waals surface area contributed by atoms with E-state index in [0.29, 0.717) is 6.42 Å². The van der Waals surface area contributed by atoms with E-state index in [1.165, 1.54) is 5.56 Å². The lowest BCUT2D eigenvalue weighted by atomic mass is 10.0. The van der Waals surface area contributed by atoms with Crippen LogP contribution in [0.4, 0.5) is 5.69 Å². The molecule has 3 rings (SSSR count). The van der Waals surface area contributed by atoms with Crippen molar-refractivity contribution in [3.8, 4) is 0 Å². The van der Waals surface area contributed by atoms with Crippen LogP contribution in [-0.4, -0.2) is 12.5 Å². The average Bonchev–Trinajstić information content (AvgIpc) is 2.49. The van der Waals surface area contributed by atoms with E-state index >= 15 is 0 Å². The molecule has 2 aromatic carbocycles. The molecule has 0 fully saturated rings. The zero-order chi connectivity index (χ0) is 13.9. The quantitative estimate of drug-likeness (QED) is 0.836. The summed E-state index contributed by atoms with van der Waals surface area (Å²) in [5.74, 6) is 0.170. The van der Waals surface area contributed by atoms with Gasteiger partial charge in [-0.15, -0.1) is 12.6 Å². The molecule has 3 heteroatoms. The molecular formula is C17H17NOS. The fourth-order valence-electron chi connectivity index (χ4n) is 2.68. The maximum atomic E-state index is 12.5. The van der Waals surface area contributed by atoms with Gasteiger partial charge in [-0.05, 0) is 42.2 Å². The minimum atomic E-state index is 0.170. The van der Waals surface area contributed by atoms with Gasteiger partial charge < -0.3 is 4.90 Å². The summed E-state index contributed by atoms with van der Waals surface area (Å²) in [6, 6.07) is 16.0. The Morgan fingerprint density at radius 2 is 1.85 bits per heavy atom. The molecule has 0 atom stereocenters. The van der Waals surface area contributed by atoms with Crippen LogP contribution < -0.4 is 4.90 Å². The molecule has 2 nitrogen and oxygen atoms in total. The molecule has 1 aliphatic heterocycles. The number of thiol groups is 1. The number of anilines is 1. The Labute approximate surface area is 124 Å². The summed E-state index contributed by atoms with van der Waals surface area (Å²) in [5, 5.41) is 0. The lowest BCUT2D eigenvalue weighted by Gasteiger charge is -2.29. The fraction of sp³-hybridized carbons (Fsp3) is 0.235. The summed E-state index contributed by atoms with van der Waals surface area (Å²) in [6.07, 6.45) is 2.55. The number of rotatable bonds is 2. The Hall–Kier alpha value is -1.74. The number of amides is 1. The van der Waals surface area contributed by atoms with Crippen molar-refractivity contribution < 1.29 is 4.79 Å². The van der Waals surface area contributed by atoms with Crippen molar-refractivity contribution in [2.45, 2.75) is 24.2 Å². The first kappa shape index (κ1) is 13.3. The molecular weight excluding hydrogens is 266 g/mol. The first-order chi connectivity index (χ1) is 9.74. The zero-order valence-corrected chi connectivity index (χ0v) is 12.1. The van der Waals surface area contributed by atoms with Gasteiger partial charge in [-0.1, -0.05) is 30.3 Å². The normalized spacial score (nSPS) is 13.9. The minimum absolute atomic E-state index is 0.170. The highest BCUT2D eigenvalue weighted by Gasteiger charge is 2.21. The van der Waals surface area contributed by atoms with Gasteiger partial charge in [0.1, 0.15) is 0 Å². The van der Waals surface area contributed by atoms with Crippen LogP contribution in [-0.2, 0) is 17.6 Å². The monoisotopic (exact) mass is 283 g/mol. The lowest BCUT2D eigenvalue weighted by molar-refractivity contribution is -0.118. The lowest BCUT2D eigenvalue weighted by Crippen LogP contribution is -2.36. The SMILES string of the molecule is O=C(Cc1ccc(S)cc1)N1CCCc2ccccc21. The number of nitrogens with zero attached hydrogens (tertiary/aromatic N) is 1. The van der Waals surface area contributed by atoms with Crippen molar-refractivity contribution in [3.63, 3.8) is 0 Å². The molecule has 0 N–H and O–H groups in total. The molecule has 0 aliphatic carbocycles. The molecule has 0 aromatic heterocycles. The number of hydrogen-bond donors (Lipinski definition) is 1. The van der Waals surface area contributed by atoms with Crippen LogP contribution in [0.1, 0.15) is 17.5 Å². The molecule has 0 saturated heterocycles. The van der Waals surface area contributed by atoms with Crippen LogP contribution >= 0.6 is 12.6 Å². The smallest absolute Gasteiger partial charge is 0.231 e. The molecule has 0 spiro atoms. The number of fused-ring (bicyclic) bond motifs is 1. The van der Waals surface area contributed by atoms with Gasteiger partial charge in [-0.3, -0.25) is 4.79 Å². The van der Waals surface area contributed by atoms with E-state index in [2.05, 4.69) is 18.7 Å². The van der Waals surface area contributed by atoms with E-state index in [0.717, 1.165) is 35.5 Å². The highest BCUT2D eigenvalue weighted by molar-refractivity contribution is 7.80. The minimum Gasteiger partial charge on any atom is -0.312 e. The second kappa shape index (κ2) is 5.71. The number of para-hydroxylation sites is 1. The maximum absolute atomic E-state index is 12.5. The standard InChI is InChI=1S/C17H17NOS/c19-17(12-13-7-9-15(20)10-8-13)18-11-3-5-14-4-1-2-6-16(14)18/h1-2,4,6-10,20H,3,5,11-12H2. The van der Waals surface area contributed by atoms with Crippen LogP contribution in [0.15, 0.2) is 53.4 Å². The number of carbonyl (C=O) groups excluding carboxylic acids is 1. The van der Waals surface area contributed by atoms with Crippen molar-refractivity contribution in [1.82, 2.24) is 0 Å².